The first kappa shape index (κ1) is 27.5. The molecule has 38 heavy (non-hydrogen) atoms. The lowest BCUT2D eigenvalue weighted by Gasteiger charge is -2.34. The minimum Gasteiger partial charge on any atom is -0.449 e. The third kappa shape index (κ3) is 5.77. The van der Waals surface area contributed by atoms with Crippen molar-refractivity contribution < 1.29 is 23.9 Å². The standard InChI is InChI=1S/C28H37Cl2N3O5/c1-28(8-9-28)26(35)32-10-5-19(6-11-32)25(34)33-14-21(20-3-4-22(29)23(30)13-20)24(15-33)31(2)27(36)38-17-18-7-12-37-16-18/h3-4,13,18-19,21,24H,5-12,14-17H2,1-2H3/t18?,21-,24+/m1/s1. The van der Waals surface area contributed by atoms with E-state index in [2.05, 4.69) is 0 Å². The van der Waals surface area contributed by atoms with Gasteiger partial charge in [0.2, 0.25) is 11.8 Å². The van der Waals surface area contributed by atoms with E-state index >= 15 is 0 Å². The van der Waals surface area contributed by atoms with E-state index in [9.17, 15) is 14.4 Å². The second-order valence-corrected chi connectivity index (χ2v) is 12.4. The highest BCUT2D eigenvalue weighted by molar-refractivity contribution is 6.42. The van der Waals surface area contributed by atoms with E-state index in [0.29, 0.717) is 68.9 Å². The molecule has 8 nitrogen and oxygen atoms in total. The van der Waals surface area contributed by atoms with Crippen LogP contribution in [0.25, 0.3) is 0 Å². The van der Waals surface area contributed by atoms with Gasteiger partial charge in [-0.3, -0.25) is 9.59 Å². The first-order valence-corrected chi connectivity index (χ1v) is 14.4. The maximum absolute atomic E-state index is 13.6. The maximum atomic E-state index is 13.6. The monoisotopic (exact) mass is 565 g/mol. The lowest BCUT2D eigenvalue weighted by Crippen LogP contribution is -2.46. The molecule has 1 saturated carbocycles. The number of rotatable bonds is 6. The van der Waals surface area contributed by atoms with Gasteiger partial charge >= 0.3 is 6.09 Å². The Kier molecular flexibility index (Phi) is 8.13. The molecule has 0 spiro atoms. The molecule has 10 heteroatoms. The first-order chi connectivity index (χ1) is 18.2. The van der Waals surface area contributed by atoms with Crippen LogP contribution in [-0.4, -0.2) is 91.7 Å². The first-order valence-electron chi connectivity index (χ1n) is 13.7. The summed E-state index contributed by atoms with van der Waals surface area (Å²) in [7, 11) is 1.74. The van der Waals surface area contributed by atoms with E-state index in [-0.39, 0.29) is 41.0 Å². The highest BCUT2D eigenvalue weighted by Crippen LogP contribution is 2.47. The molecule has 0 bridgehead atoms. The number of likely N-dealkylation sites (N-methyl/N-ethyl adjacent to an activating group) is 1. The number of benzene rings is 1. The number of hydrogen-bond donors (Lipinski definition) is 0. The lowest BCUT2D eigenvalue weighted by atomic mass is 9.93. The number of amides is 3. The van der Waals surface area contributed by atoms with E-state index in [1.165, 1.54) is 0 Å². The van der Waals surface area contributed by atoms with Crippen molar-refractivity contribution in [2.45, 2.75) is 51.0 Å². The van der Waals surface area contributed by atoms with Gasteiger partial charge in [0.25, 0.3) is 0 Å². The smallest absolute Gasteiger partial charge is 0.409 e. The van der Waals surface area contributed by atoms with Gasteiger partial charge in [0.15, 0.2) is 0 Å². The molecule has 1 aromatic carbocycles. The zero-order chi connectivity index (χ0) is 27.0. The summed E-state index contributed by atoms with van der Waals surface area (Å²) in [6.45, 7) is 5.80. The van der Waals surface area contributed by atoms with Gasteiger partial charge in [-0.25, -0.2) is 4.79 Å². The van der Waals surface area contributed by atoms with Crippen LogP contribution in [0.15, 0.2) is 18.2 Å². The van der Waals surface area contributed by atoms with Crippen molar-refractivity contribution in [3.8, 4) is 0 Å². The quantitative estimate of drug-likeness (QED) is 0.509. The second kappa shape index (κ2) is 11.2. The molecule has 3 saturated heterocycles. The zero-order valence-corrected chi connectivity index (χ0v) is 23.7. The summed E-state index contributed by atoms with van der Waals surface area (Å²) < 4.78 is 11.0. The number of likely N-dealkylation sites (tertiary alicyclic amines) is 2. The van der Waals surface area contributed by atoms with Gasteiger partial charge in [0.1, 0.15) is 0 Å². The van der Waals surface area contributed by atoms with Crippen LogP contribution in [0, 0.1) is 17.3 Å². The van der Waals surface area contributed by atoms with Gasteiger partial charge in [-0.05, 0) is 49.8 Å². The van der Waals surface area contributed by atoms with Crippen molar-refractivity contribution in [1.29, 1.82) is 0 Å². The van der Waals surface area contributed by atoms with Crippen molar-refractivity contribution in [3.05, 3.63) is 33.8 Å². The molecule has 3 atom stereocenters. The van der Waals surface area contributed by atoms with E-state index in [0.717, 1.165) is 24.8 Å². The van der Waals surface area contributed by atoms with Crippen LogP contribution < -0.4 is 0 Å². The average Bonchev–Trinajstić information content (AvgIpc) is 3.30. The lowest BCUT2D eigenvalue weighted by molar-refractivity contribution is -0.142. The Balaban J connectivity index is 1.26. The Bertz CT molecular complexity index is 1070. The van der Waals surface area contributed by atoms with Crippen LogP contribution in [0.3, 0.4) is 0 Å². The molecule has 1 unspecified atom stereocenters. The molecule has 5 rings (SSSR count). The van der Waals surface area contributed by atoms with Crippen molar-refractivity contribution in [2.75, 3.05) is 53.0 Å². The van der Waals surface area contributed by atoms with Crippen LogP contribution >= 0.6 is 23.2 Å². The zero-order valence-electron chi connectivity index (χ0n) is 22.2. The SMILES string of the molecule is CN(C(=O)OCC1CCOC1)[C@H]1CN(C(=O)C2CCN(C(=O)C3(C)CC3)CC2)C[C@@H]1c1ccc(Cl)c(Cl)c1. The van der Waals surface area contributed by atoms with Gasteiger partial charge < -0.3 is 24.2 Å². The number of piperidine rings is 1. The van der Waals surface area contributed by atoms with Crippen LogP contribution in [-0.2, 0) is 19.1 Å². The van der Waals surface area contributed by atoms with Crippen molar-refractivity contribution in [2.24, 2.45) is 17.3 Å². The Morgan fingerprint density at radius 1 is 1.08 bits per heavy atom. The summed E-state index contributed by atoms with van der Waals surface area (Å²) in [6, 6.07) is 5.23. The third-order valence-electron chi connectivity index (χ3n) is 8.87. The molecule has 1 aliphatic carbocycles. The fraction of sp³-hybridized carbons (Fsp3) is 0.679. The Morgan fingerprint density at radius 2 is 1.82 bits per heavy atom. The number of hydrogen-bond acceptors (Lipinski definition) is 5. The summed E-state index contributed by atoms with van der Waals surface area (Å²) in [5.41, 5.74) is 0.748. The highest BCUT2D eigenvalue weighted by Gasteiger charge is 2.48. The fourth-order valence-electron chi connectivity index (χ4n) is 5.94. The Morgan fingerprint density at radius 3 is 2.45 bits per heavy atom. The number of halogens is 2. The highest BCUT2D eigenvalue weighted by atomic mass is 35.5. The maximum Gasteiger partial charge on any atom is 0.409 e. The van der Waals surface area contributed by atoms with Crippen molar-refractivity contribution in [3.63, 3.8) is 0 Å². The van der Waals surface area contributed by atoms with Crippen LogP contribution in [0.1, 0.15) is 50.5 Å². The summed E-state index contributed by atoms with van der Waals surface area (Å²) >= 11 is 12.5. The normalized spacial score (nSPS) is 26.9. The van der Waals surface area contributed by atoms with Gasteiger partial charge in [0, 0.05) is 63.0 Å². The van der Waals surface area contributed by atoms with E-state index in [4.69, 9.17) is 32.7 Å². The number of carbonyl (C=O) groups is 3. The van der Waals surface area contributed by atoms with Crippen LogP contribution in [0.4, 0.5) is 4.79 Å². The molecule has 3 aliphatic heterocycles. The van der Waals surface area contributed by atoms with Gasteiger partial charge in [-0.15, -0.1) is 0 Å². The van der Waals surface area contributed by atoms with Crippen molar-refractivity contribution >= 4 is 41.1 Å². The molecule has 4 fully saturated rings. The van der Waals surface area contributed by atoms with Gasteiger partial charge in [0.05, 0.1) is 29.3 Å². The molecular formula is C28H37Cl2N3O5. The molecule has 4 aliphatic rings. The molecule has 0 N–H and O–H groups in total. The Hall–Kier alpha value is -2.03. The predicted molar refractivity (Wildman–Crippen MR) is 144 cm³/mol. The predicted octanol–water partition coefficient (Wildman–Crippen LogP) is 4.43. The van der Waals surface area contributed by atoms with E-state index in [1.807, 2.05) is 28.9 Å². The van der Waals surface area contributed by atoms with E-state index in [1.54, 1.807) is 18.0 Å². The Labute approximate surface area is 234 Å². The molecule has 3 amide bonds. The third-order valence-corrected chi connectivity index (χ3v) is 9.61. The topological polar surface area (TPSA) is 79.4 Å². The molecule has 208 valence electrons. The molecular weight excluding hydrogens is 529 g/mol. The number of carbonyl (C=O) groups excluding carboxylic acids is 3. The minimum absolute atomic E-state index is 0.0900. The molecule has 1 aromatic rings. The van der Waals surface area contributed by atoms with Gasteiger partial charge in [-0.1, -0.05) is 36.2 Å². The average molecular weight is 567 g/mol. The van der Waals surface area contributed by atoms with E-state index < -0.39 is 6.09 Å². The van der Waals surface area contributed by atoms with Gasteiger partial charge in [-0.2, -0.15) is 0 Å². The summed E-state index contributed by atoms with van der Waals surface area (Å²) in [5.74, 6) is 0.289. The summed E-state index contributed by atoms with van der Waals surface area (Å²) in [4.78, 5) is 44.8. The van der Waals surface area contributed by atoms with Crippen molar-refractivity contribution in [1.82, 2.24) is 14.7 Å². The number of ether oxygens (including phenoxy) is 2. The van der Waals surface area contributed by atoms with Crippen LogP contribution in [0.2, 0.25) is 10.0 Å². The van der Waals surface area contributed by atoms with Crippen LogP contribution in [0.5, 0.6) is 0 Å². The molecule has 0 aromatic heterocycles. The fourth-order valence-corrected chi connectivity index (χ4v) is 6.25. The second-order valence-electron chi connectivity index (χ2n) is 11.6. The molecule has 0 radical (unpaired) electrons. The minimum atomic E-state index is -0.401. The number of nitrogens with zero attached hydrogens (tertiary/aromatic N) is 3. The largest absolute Gasteiger partial charge is 0.449 e. The molecule has 3 heterocycles. The summed E-state index contributed by atoms with van der Waals surface area (Å²) in [5, 5.41) is 0.909. The summed E-state index contributed by atoms with van der Waals surface area (Å²) in [6.07, 6.45) is 3.74.